The number of anilines is 1. The summed E-state index contributed by atoms with van der Waals surface area (Å²) in [4.78, 5) is 12.6. The van der Waals surface area contributed by atoms with Crippen molar-refractivity contribution >= 4 is 11.6 Å². The minimum atomic E-state index is -0.328. The van der Waals surface area contributed by atoms with E-state index in [2.05, 4.69) is 15.5 Å². The van der Waals surface area contributed by atoms with Crippen molar-refractivity contribution in [3.63, 3.8) is 0 Å². The van der Waals surface area contributed by atoms with Gasteiger partial charge in [0.1, 0.15) is 12.4 Å². The molecule has 2 aromatic carbocycles. The molecule has 7 heteroatoms. The molecule has 0 bridgehead atoms. The van der Waals surface area contributed by atoms with Crippen LogP contribution in [-0.4, -0.2) is 20.7 Å². The van der Waals surface area contributed by atoms with Gasteiger partial charge in [0.05, 0.1) is 5.56 Å². The van der Waals surface area contributed by atoms with Gasteiger partial charge in [0, 0.05) is 22.6 Å². The predicted octanol–water partition coefficient (Wildman–Crippen LogP) is 4.91. The van der Waals surface area contributed by atoms with Crippen LogP contribution in [0, 0.1) is 26.6 Å². The summed E-state index contributed by atoms with van der Waals surface area (Å²) >= 11 is 0. The fourth-order valence-electron chi connectivity index (χ4n) is 3.35. The molecule has 4 rings (SSSR count). The zero-order valence-corrected chi connectivity index (χ0v) is 16.9. The Morgan fingerprint density at radius 3 is 2.47 bits per heavy atom. The molecule has 6 nitrogen and oxygen atoms in total. The summed E-state index contributed by atoms with van der Waals surface area (Å²) in [5, 5.41) is 11.2. The molecule has 0 radical (unpaired) electrons. The minimum absolute atomic E-state index is 0.116. The Labute approximate surface area is 173 Å². The fourth-order valence-corrected chi connectivity index (χ4v) is 3.35. The smallest absolute Gasteiger partial charge is 0.249 e. The van der Waals surface area contributed by atoms with Crippen LogP contribution in [0.25, 0.3) is 22.9 Å². The summed E-state index contributed by atoms with van der Waals surface area (Å²) in [5.41, 5.74) is 4.96. The van der Waals surface area contributed by atoms with E-state index in [1.807, 2.05) is 55.7 Å². The maximum absolute atomic E-state index is 13.1. The van der Waals surface area contributed by atoms with Crippen LogP contribution >= 0.6 is 0 Å². The largest absolute Gasteiger partial charge is 0.416 e. The number of rotatable bonds is 5. The van der Waals surface area contributed by atoms with Crippen molar-refractivity contribution in [2.75, 3.05) is 5.32 Å². The van der Waals surface area contributed by atoms with Gasteiger partial charge in [-0.25, -0.2) is 4.39 Å². The highest BCUT2D eigenvalue weighted by Gasteiger charge is 2.18. The Morgan fingerprint density at radius 2 is 1.73 bits per heavy atom. The van der Waals surface area contributed by atoms with Gasteiger partial charge in [-0.1, -0.05) is 18.2 Å². The third-order valence-electron chi connectivity index (χ3n) is 5.04. The van der Waals surface area contributed by atoms with Crippen molar-refractivity contribution in [2.45, 2.75) is 27.3 Å². The van der Waals surface area contributed by atoms with Crippen LogP contribution in [-0.2, 0) is 11.3 Å². The van der Waals surface area contributed by atoms with Gasteiger partial charge in [-0.3, -0.25) is 4.79 Å². The second-order valence-corrected chi connectivity index (χ2v) is 7.15. The van der Waals surface area contributed by atoms with E-state index in [1.54, 1.807) is 12.1 Å². The highest BCUT2D eigenvalue weighted by molar-refractivity contribution is 5.91. The van der Waals surface area contributed by atoms with Gasteiger partial charge in [-0.05, 0) is 62.7 Å². The van der Waals surface area contributed by atoms with Crippen LogP contribution < -0.4 is 5.32 Å². The number of aryl methyl sites for hydroxylation is 2. The van der Waals surface area contributed by atoms with Crippen LogP contribution in [0.5, 0.6) is 0 Å². The van der Waals surface area contributed by atoms with Crippen LogP contribution in [0.4, 0.5) is 10.1 Å². The number of aromatic nitrogens is 3. The molecule has 30 heavy (non-hydrogen) atoms. The number of halogens is 1. The third kappa shape index (κ3) is 3.87. The summed E-state index contributed by atoms with van der Waals surface area (Å²) in [5.74, 6) is 0.223. The highest BCUT2D eigenvalue weighted by Crippen LogP contribution is 2.29. The summed E-state index contributed by atoms with van der Waals surface area (Å²) < 4.78 is 20.8. The van der Waals surface area contributed by atoms with Gasteiger partial charge in [-0.15, -0.1) is 10.2 Å². The van der Waals surface area contributed by atoms with E-state index in [1.165, 1.54) is 12.1 Å². The topological polar surface area (TPSA) is 73.0 Å². The predicted molar refractivity (Wildman–Crippen MR) is 112 cm³/mol. The monoisotopic (exact) mass is 404 g/mol. The molecular formula is C23H21FN4O2. The zero-order valence-electron chi connectivity index (χ0n) is 16.9. The van der Waals surface area contributed by atoms with Crippen molar-refractivity contribution < 1.29 is 13.6 Å². The molecule has 0 atom stereocenters. The quantitative estimate of drug-likeness (QED) is 0.513. The van der Waals surface area contributed by atoms with Crippen LogP contribution in [0.2, 0.25) is 0 Å². The number of benzene rings is 2. The molecule has 4 aromatic rings. The molecular weight excluding hydrogens is 383 g/mol. The molecule has 2 aromatic heterocycles. The first-order valence-electron chi connectivity index (χ1n) is 9.54. The molecule has 1 N–H and O–H groups in total. The van der Waals surface area contributed by atoms with Crippen LogP contribution in [0.1, 0.15) is 17.0 Å². The minimum Gasteiger partial charge on any atom is -0.416 e. The maximum atomic E-state index is 13.1. The Morgan fingerprint density at radius 1 is 1.03 bits per heavy atom. The van der Waals surface area contributed by atoms with Gasteiger partial charge in [-0.2, -0.15) is 0 Å². The Kier molecular flexibility index (Phi) is 5.18. The van der Waals surface area contributed by atoms with Crippen LogP contribution in [0.3, 0.4) is 0 Å². The molecule has 0 spiro atoms. The summed E-state index contributed by atoms with van der Waals surface area (Å²) in [6.45, 7) is 5.96. The number of amides is 1. The van der Waals surface area contributed by atoms with Crippen LogP contribution in [0.15, 0.2) is 59.0 Å². The van der Waals surface area contributed by atoms with Gasteiger partial charge in [0.15, 0.2) is 0 Å². The lowest BCUT2D eigenvalue weighted by Gasteiger charge is -2.11. The molecule has 1 amide bonds. The lowest BCUT2D eigenvalue weighted by Crippen LogP contribution is -2.20. The molecule has 0 unspecified atom stereocenters. The third-order valence-corrected chi connectivity index (χ3v) is 5.04. The number of nitrogens with zero attached hydrogens (tertiary/aromatic N) is 3. The molecule has 0 saturated heterocycles. The van der Waals surface area contributed by atoms with Crippen molar-refractivity contribution in [1.29, 1.82) is 0 Å². The van der Waals surface area contributed by atoms with E-state index < -0.39 is 0 Å². The Hall–Kier alpha value is -3.74. The summed E-state index contributed by atoms with van der Waals surface area (Å²) in [6, 6.07) is 15.4. The van der Waals surface area contributed by atoms with E-state index in [0.29, 0.717) is 17.3 Å². The molecule has 0 saturated carbocycles. The molecule has 152 valence electrons. The number of para-hydroxylation sites is 1. The fraction of sp³-hybridized carbons (Fsp3) is 0.174. The van der Waals surface area contributed by atoms with Crippen molar-refractivity contribution in [3.8, 4) is 22.9 Å². The highest BCUT2D eigenvalue weighted by atomic mass is 19.1. The summed E-state index contributed by atoms with van der Waals surface area (Å²) in [6.07, 6.45) is 0. The van der Waals surface area contributed by atoms with E-state index in [9.17, 15) is 9.18 Å². The maximum Gasteiger partial charge on any atom is 0.249 e. The SMILES string of the molecule is Cc1ccccc1NC(=O)Cn1c(C)cc(-c2nnc(-c3ccc(F)cc3)o2)c1C. The molecule has 0 aliphatic rings. The molecule has 0 fully saturated rings. The first-order valence-corrected chi connectivity index (χ1v) is 9.54. The average Bonchev–Trinajstić information content (AvgIpc) is 3.31. The standard InChI is InChI=1S/C23H21FN4O2/c1-14-6-4-5-7-20(14)25-21(29)13-28-15(2)12-19(16(28)3)23-27-26-22(30-23)17-8-10-18(24)11-9-17/h4-12H,13H2,1-3H3,(H,25,29). The van der Waals surface area contributed by atoms with Crippen molar-refractivity contribution in [3.05, 3.63) is 77.4 Å². The lowest BCUT2D eigenvalue weighted by atomic mass is 10.2. The van der Waals surface area contributed by atoms with Gasteiger partial charge in [0.25, 0.3) is 0 Å². The van der Waals surface area contributed by atoms with Crippen molar-refractivity contribution in [1.82, 2.24) is 14.8 Å². The van der Waals surface area contributed by atoms with E-state index >= 15 is 0 Å². The lowest BCUT2D eigenvalue weighted by molar-refractivity contribution is -0.116. The Bertz CT molecular complexity index is 1210. The normalized spacial score (nSPS) is 10.9. The average molecular weight is 404 g/mol. The summed E-state index contributed by atoms with van der Waals surface area (Å²) in [7, 11) is 0. The first-order chi connectivity index (χ1) is 14.4. The zero-order chi connectivity index (χ0) is 21.3. The number of hydrogen-bond donors (Lipinski definition) is 1. The molecule has 0 aliphatic carbocycles. The first kappa shape index (κ1) is 19.6. The number of carbonyl (C=O) groups is 1. The van der Waals surface area contributed by atoms with Crippen molar-refractivity contribution in [2.24, 2.45) is 0 Å². The second kappa shape index (κ2) is 7.94. The van der Waals surface area contributed by atoms with Gasteiger partial charge in [0.2, 0.25) is 17.7 Å². The molecule has 0 aliphatic heterocycles. The van der Waals surface area contributed by atoms with E-state index in [4.69, 9.17) is 4.42 Å². The second-order valence-electron chi connectivity index (χ2n) is 7.15. The Balaban J connectivity index is 1.56. The number of nitrogens with one attached hydrogen (secondary N) is 1. The van der Waals surface area contributed by atoms with Gasteiger partial charge >= 0.3 is 0 Å². The van der Waals surface area contributed by atoms with E-state index in [0.717, 1.165) is 28.2 Å². The number of hydrogen-bond acceptors (Lipinski definition) is 4. The molecule has 2 heterocycles. The number of carbonyl (C=O) groups excluding carboxylic acids is 1. The van der Waals surface area contributed by atoms with Gasteiger partial charge < -0.3 is 14.3 Å². The van der Waals surface area contributed by atoms with E-state index in [-0.39, 0.29) is 18.3 Å².